The molecule has 206 valence electrons. The molecular formula is C27H47N3O5S. The lowest BCUT2D eigenvalue weighted by atomic mass is 9.83. The van der Waals surface area contributed by atoms with Gasteiger partial charge in [-0.15, -0.1) is 0 Å². The smallest absolute Gasteiger partial charge is 0.221 e. The molecule has 1 aromatic carbocycles. The number of carbonyl (C=O) groups is 1. The highest BCUT2D eigenvalue weighted by Gasteiger charge is 2.27. The molecule has 0 aromatic heterocycles. The summed E-state index contributed by atoms with van der Waals surface area (Å²) < 4.78 is 32.3. The van der Waals surface area contributed by atoms with Crippen LogP contribution in [0.1, 0.15) is 77.2 Å². The van der Waals surface area contributed by atoms with Crippen LogP contribution in [0.25, 0.3) is 0 Å². The van der Waals surface area contributed by atoms with Crippen LogP contribution in [0, 0.1) is 5.92 Å². The fourth-order valence-corrected chi connectivity index (χ4v) is 6.52. The average Bonchev–Trinajstić information content (AvgIpc) is 2.87. The zero-order valence-corrected chi connectivity index (χ0v) is 23.2. The maximum absolute atomic E-state index is 12.8. The summed E-state index contributed by atoms with van der Waals surface area (Å²) in [7, 11) is -1.86. The number of amides is 1. The number of nitrogens with zero attached hydrogens (tertiary/aromatic N) is 1. The Morgan fingerprint density at radius 2 is 1.86 bits per heavy atom. The lowest BCUT2D eigenvalue weighted by Crippen LogP contribution is -2.49. The predicted molar refractivity (Wildman–Crippen MR) is 144 cm³/mol. The second kappa shape index (κ2) is 16.2. The number of hydrogen-bond donors (Lipinski definition) is 3. The minimum atomic E-state index is -3.49. The molecule has 0 heterocycles. The lowest BCUT2D eigenvalue weighted by Gasteiger charge is -2.30. The van der Waals surface area contributed by atoms with Gasteiger partial charge in [0.1, 0.15) is 5.75 Å². The molecule has 0 spiro atoms. The van der Waals surface area contributed by atoms with Crippen LogP contribution in [-0.2, 0) is 21.4 Å². The Morgan fingerprint density at radius 1 is 1.17 bits per heavy atom. The summed E-state index contributed by atoms with van der Waals surface area (Å²) >= 11 is 0. The summed E-state index contributed by atoms with van der Waals surface area (Å²) in [5, 5.41) is 17.3. The zero-order chi connectivity index (χ0) is 26.4. The van der Waals surface area contributed by atoms with E-state index >= 15 is 0 Å². The number of rotatable bonds is 17. The van der Waals surface area contributed by atoms with Gasteiger partial charge < -0.3 is 20.5 Å². The van der Waals surface area contributed by atoms with Gasteiger partial charge in [0, 0.05) is 32.6 Å². The van der Waals surface area contributed by atoms with Crippen LogP contribution >= 0.6 is 0 Å². The van der Waals surface area contributed by atoms with Gasteiger partial charge in [-0.05, 0) is 42.9 Å². The Bertz CT molecular complexity index is 868. The van der Waals surface area contributed by atoms with Gasteiger partial charge in [0.05, 0.1) is 25.0 Å². The molecule has 36 heavy (non-hydrogen) atoms. The Balaban J connectivity index is 1.95. The Labute approximate surface area is 218 Å². The van der Waals surface area contributed by atoms with E-state index in [1.807, 2.05) is 38.1 Å². The van der Waals surface area contributed by atoms with Crippen molar-refractivity contribution in [3.05, 3.63) is 29.8 Å². The van der Waals surface area contributed by atoms with Crippen molar-refractivity contribution in [2.24, 2.45) is 5.92 Å². The zero-order valence-electron chi connectivity index (χ0n) is 22.4. The van der Waals surface area contributed by atoms with Crippen LogP contribution in [0.3, 0.4) is 0 Å². The maximum atomic E-state index is 12.8. The van der Waals surface area contributed by atoms with Gasteiger partial charge in [-0.25, -0.2) is 12.7 Å². The molecule has 1 aliphatic carbocycles. The Morgan fingerprint density at radius 3 is 2.50 bits per heavy atom. The van der Waals surface area contributed by atoms with Crippen molar-refractivity contribution in [3.63, 3.8) is 0 Å². The SMILES string of the molecule is CCCN(CCC)S(=O)(=O)CCC(=O)N[C@@H](CC1CCCCC1)[C@H](O)CNCc1cccc(OC)c1. The fourth-order valence-electron chi connectivity index (χ4n) is 4.90. The number of ether oxygens (including phenoxy) is 1. The molecule has 0 radical (unpaired) electrons. The summed E-state index contributed by atoms with van der Waals surface area (Å²) in [4.78, 5) is 12.8. The number of nitrogens with one attached hydrogen (secondary N) is 2. The van der Waals surface area contributed by atoms with Crippen molar-refractivity contribution in [3.8, 4) is 5.75 Å². The molecule has 1 fully saturated rings. The second-order valence-corrected chi connectivity index (χ2v) is 12.0. The highest BCUT2D eigenvalue weighted by Crippen LogP contribution is 2.28. The molecule has 0 bridgehead atoms. The second-order valence-electron chi connectivity index (χ2n) is 9.93. The maximum Gasteiger partial charge on any atom is 0.221 e. The molecule has 2 rings (SSSR count). The summed E-state index contributed by atoms with van der Waals surface area (Å²) in [5.41, 5.74) is 1.04. The molecule has 0 saturated heterocycles. The minimum absolute atomic E-state index is 0.0998. The normalized spacial score (nSPS) is 16.6. The molecule has 3 N–H and O–H groups in total. The number of benzene rings is 1. The third-order valence-corrected chi connectivity index (χ3v) is 8.74. The number of carbonyl (C=O) groups excluding carboxylic acids is 1. The topological polar surface area (TPSA) is 108 Å². The molecular weight excluding hydrogens is 478 g/mol. The Kier molecular flexibility index (Phi) is 13.8. The van der Waals surface area contributed by atoms with E-state index in [-0.39, 0.29) is 18.1 Å². The molecule has 2 atom stereocenters. The molecule has 8 nitrogen and oxygen atoms in total. The minimum Gasteiger partial charge on any atom is -0.497 e. The molecule has 1 aliphatic rings. The van der Waals surface area contributed by atoms with Crippen LogP contribution in [-0.4, -0.2) is 68.4 Å². The summed E-state index contributed by atoms with van der Waals surface area (Å²) in [6.07, 6.45) is 7.12. The van der Waals surface area contributed by atoms with Crippen molar-refractivity contribution >= 4 is 15.9 Å². The third-order valence-electron chi connectivity index (χ3n) is 6.87. The van der Waals surface area contributed by atoms with Crippen LogP contribution < -0.4 is 15.4 Å². The van der Waals surface area contributed by atoms with E-state index in [2.05, 4.69) is 10.6 Å². The average molecular weight is 526 g/mol. The number of methoxy groups -OCH3 is 1. The van der Waals surface area contributed by atoms with Gasteiger partial charge >= 0.3 is 0 Å². The first-order chi connectivity index (χ1) is 17.3. The molecule has 1 aromatic rings. The Hall–Kier alpha value is -1.68. The molecule has 1 amide bonds. The molecule has 0 aliphatic heterocycles. The van der Waals surface area contributed by atoms with Gasteiger partial charge in [-0.1, -0.05) is 58.1 Å². The van der Waals surface area contributed by atoms with Crippen molar-refractivity contribution < 1.29 is 23.1 Å². The summed E-state index contributed by atoms with van der Waals surface area (Å²) in [6.45, 7) is 5.74. The van der Waals surface area contributed by atoms with E-state index in [1.165, 1.54) is 23.6 Å². The van der Waals surface area contributed by atoms with Crippen LogP contribution in [0.15, 0.2) is 24.3 Å². The predicted octanol–water partition coefficient (Wildman–Crippen LogP) is 3.44. The molecule has 0 unspecified atom stereocenters. The van der Waals surface area contributed by atoms with Gasteiger partial charge in [0.25, 0.3) is 0 Å². The van der Waals surface area contributed by atoms with Gasteiger partial charge in [0.2, 0.25) is 15.9 Å². The first kappa shape index (κ1) is 30.5. The van der Waals surface area contributed by atoms with Gasteiger partial charge in [-0.3, -0.25) is 4.79 Å². The van der Waals surface area contributed by atoms with Crippen LogP contribution in [0.5, 0.6) is 5.75 Å². The fraction of sp³-hybridized carbons (Fsp3) is 0.741. The van der Waals surface area contributed by atoms with Crippen molar-refractivity contribution in [1.29, 1.82) is 0 Å². The largest absolute Gasteiger partial charge is 0.497 e. The quantitative estimate of drug-likeness (QED) is 0.288. The van der Waals surface area contributed by atoms with E-state index in [0.29, 0.717) is 38.5 Å². The van der Waals surface area contributed by atoms with Gasteiger partial charge in [-0.2, -0.15) is 0 Å². The molecule has 9 heteroatoms. The monoisotopic (exact) mass is 525 g/mol. The van der Waals surface area contributed by atoms with E-state index in [1.54, 1.807) is 7.11 Å². The first-order valence-electron chi connectivity index (χ1n) is 13.6. The summed E-state index contributed by atoms with van der Waals surface area (Å²) in [6, 6.07) is 7.33. The van der Waals surface area contributed by atoms with Crippen molar-refractivity contribution in [2.75, 3.05) is 32.5 Å². The van der Waals surface area contributed by atoms with E-state index < -0.39 is 22.2 Å². The molecule has 1 saturated carbocycles. The van der Waals surface area contributed by atoms with Gasteiger partial charge in [0.15, 0.2) is 0 Å². The van der Waals surface area contributed by atoms with E-state index in [9.17, 15) is 18.3 Å². The van der Waals surface area contributed by atoms with Crippen LogP contribution in [0.2, 0.25) is 0 Å². The highest BCUT2D eigenvalue weighted by molar-refractivity contribution is 7.89. The summed E-state index contributed by atoms with van der Waals surface area (Å²) in [5.74, 6) is 0.715. The van der Waals surface area contributed by atoms with Crippen LogP contribution in [0.4, 0.5) is 0 Å². The highest BCUT2D eigenvalue weighted by atomic mass is 32.2. The van der Waals surface area contributed by atoms with E-state index in [4.69, 9.17) is 4.74 Å². The number of aliphatic hydroxyl groups is 1. The number of hydrogen-bond acceptors (Lipinski definition) is 6. The third kappa shape index (κ3) is 10.7. The van der Waals surface area contributed by atoms with Crippen molar-refractivity contribution in [1.82, 2.24) is 14.9 Å². The lowest BCUT2D eigenvalue weighted by molar-refractivity contribution is -0.122. The van der Waals surface area contributed by atoms with E-state index in [0.717, 1.165) is 37.0 Å². The number of sulfonamides is 1. The van der Waals surface area contributed by atoms with Crippen molar-refractivity contribution in [2.45, 2.75) is 90.3 Å². The standard InChI is InChI=1S/C27H47N3O5S/c1-4-15-30(16-5-2)36(33,34)17-14-27(32)29-25(19-22-10-7-6-8-11-22)26(31)21-28-20-23-12-9-13-24(18-23)35-3/h9,12-13,18,22,25-26,28,31H,4-8,10-11,14-17,19-21H2,1-3H3,(H,29,32)/t25-,26+/m0/s1. The first-order valence-corrected chi connectivity index (χ1v) is 15.2. The number of aliphatic hydroxyl groups excluding tert-OH is 1.